The molecule has 26 heavy (non-hydrogen) atoms. The van der Waals surface area contributed by atoms with Crippen molar-refractivity contribution in [3.63, 3.8) is 0 Å². The molecule has 0 bridgehead atoms. The molecular weight excluding hydrogens is 366 g/mol. The van der Waals surface area contributed by atoms with Gasteiger partial charge in [0.2, 0.25) is 0 Å². The third-order valence-electron chi connectivity index (χ3n) is 4.40. The number of hydrogen-bond acceptors (Lipinski definition) is 4. The lowest BCUT2D eigenvalue weighted by molar-refractivity contribution is 0.102. The Morgan fingerprint density at radius 3 is 2.73 bits per heavy atom. The molecule has 6 heteroatoms. The average Bonchev–Trinajstić information content (AvgIpc) is 3.34. The van der Waals surface area contributed by atoms with Crippen molar-refractivity contribution in [2.24, 2.45) is 0 Å². The van der Waals surface area contributed by atoms with E-state index in [1.165, 1.54) is 12.8 Å². The highest BCUT2D eigenvalue weighted by Gasteiger charge is 2.16. The number of nitrogens with zero attached hydrogens (tertiary/aromatic N) is 2. The average molecular weight is 384 g/mol. The molecule has 1 aliphatic heterocycles. The number of amides is 1. The van der Waals surface area contributed by atoms with Gasteiger partial charge in [-0.3, -0.25) is 4.79 Å². The summed E-state index contributed by atoms with van der Waals surface area (Å²) in [4.78, 5) is 19.5. The number of halogens is 1. The number of aromatic nitrogens is 1. The van der Waals surface area contributed by atoms with E-state index in [0.29, 0.717) is 10.6 Å². The molecule has 3 aromatic rings. The van der Waals surface area contributed by atoms with E-state index < -0.39 is 0 Å². The minimum atomic E-state index is -0.219. The van der Waals surface area contributed by atoms with Crippen LogP contribution in [-0.2, 0) is 0 Å². The summed E-state index contributed by atoms with van der Waals surface area (Å²) in [6.45, 7) is 2.17. The van der Waals surface area contributed by atoms with Gasteiger partial charge in [0.05, 0.1) is 16.3 Å². The predicted molar refractivity (Wildman–Crippen MR) is 108 cm³/mol. The normalized spacial score (nSPS) is 13.8. The summed E-state index contributed by atoms with van der Waals surface area (Å²) >= 11 is 7.77. The van der Waals surface area contributed by atoms with Gasteiger partial charge in [-0.1, -0.05) is 35.9 Å². The highest BCUT2D eigenvalue weighted by Crippen LogP contribution is 2.30. The summed E-state index contributed by atoms with van der Waals surface area (Å²) in [6.07, 6.45) is 2.47. The molecule has 2 aromatic carbocycles. The first-order chi connectivity index (χ1) is 12.7. The lowest BCUT2D eigenvalue weighted by Crippen LogP contribution is -2.17. The van der Waals surface area contributed by atoms with Crippen molar-refractivity contribution in [1.29, 1.82) is 0 Å². The summed E-state index contributed by atoms with van der Waals surface area (Å²) in [7, 11) is 0. The Kier molecular flexibility index (Phi) is 4.91. The molecule has 0 spiro atoms. The first-order valence-corrected chi connectivity index (χ1v) is 9.83. The van der Waals surface area contributed by atoms with Crippen molar-refractivity contribution >= 4 is 39.7 Å². The van der Waals surface area contributed by atoms with E-state index in [1.54, 1.807) is 35.6 Å². The van der Waals surface area contributed by atoms with Crippen molar-refractivity contribution in [3.05, 3.63) is 64.5 Å². The smallest absolute Gasteiger partial charge is 0.257 e. The molecule has 0 atom stereocenters. The highest BCUT2D eigenvalue weighted by atomic mass is 35.5. The SMILES string of the molecule is O=C(Nc1cccc(-c2csc(N3CCCC3)n2)c1)c1ccccc1Cl. The molecule has 0 saturated carbocycles. The summed E-state index contributed by atoms with van der Waals surface area (Å²) in [5, 5.41) is 6.50. The van der Waals surface area contributed by atoms with E-state index in [0.717, 1.165) is 35.2 Å². The summed E-state index contributed by atoms with van der Waals surface area (Å²) in [5.74, 6) is -0.219. The van der Waals surface area contributed by atoms with Crippen LogP contribution in [0, 0.1) is 0 Å². The second-order valence-corrected chi connectivity index (χ2v) is 7.47. The maximum absolute atomic E-state index is 12.4. The quantitative estimate of drug-likeness (QED) is 0.663. The molecule has 2 heterocycles. The van der Waals surface area contributed by atoms with E-state index in [2.05, 4.69) is 15.6 Å². The zero-order chi connectivity index (χ0) is 17.9. The van der Waals surface area contributed by atoms with Crippen LogP contribution in [0.25, 0.3) is 11.3 Å². The minimum absolute atomic E-state index is 0.219. The molecule has 0 unspecified atom stereocenters. The molecule has 1 aliphatic rings. The van der Waals surface area contributed by atoms with Gasteiger partial charge in [-0.25, -0.2) is 4.98 Å². The van der Waals surface area contributed by atoms with Crippen LogP contribution in [0.4, 0.5) is 10.8 Å². The van der Waals surface area contributed by atoms with Crippen molar-refractivity contribution in [3.8, 4) is 11.3 Å². The van der Waals surface area contributed by atoms with Crippen molar-refractivity contribution < 1.29 is 4.79 Å². The van der Waals surface area contributed by atoms with Crippen molar-refractivity contribution in [1.82, 2.24) is 4.98 Å². The lowest BCUT2D eigenvalue weighted by atomic mass is 10.1. The second kappa shape index (κ2) is 7.48. The molecule has 4 nitrogen and oxygen atoms in total. The molecule has 132 valence electrons. The maximum atomic E-state index is 12.4. The van der Waals surface area contributed by atoms with Crippen LogP contribution >= 0.6 is 22.9 Å². The number of rotatable bonds is 4. The largest absolute Gasteiger partial charge is 0.348 e. The monoisotopic (exact) mass is 383 g/mol. The fourth-order valence-corrected chi connectivity index (χ4v) is 4.16. The fourth-order valence-electron chi connectivity index (χ4n) is 3.05. The number of thiazole rings is 1. The van der Waals surface area contributed by atoms with Gasteiger partial charge < -0.3 is 10.2 Å². The second-order valence-electron chi connectivity index (χ2n) is 6.22. The van der Waals surface area contributed by atoms with E-state index in [9.17, 15) is 4.79 Å². The number of anilines is 2. The number of nitrogens with one attached hydrogen (secondary N) is 1. The molecule has 1 amide bonds. The van der Waals surface area contributed by atoms with E-state index >= 15 is 0 Å². The lowest BCUT2D eigenvalue weighted by Gasteiger charge is -2.12. The molecular formula is C20H18ClN3OS. The fraction of sp³-hybridized carbons (Fsp3) is 0.200. The van der Waals surface area contributed by atoms with E-state index in [1.807, 2.05) is 24.3 Å². The molecule has 1 N–H and O–H groups in total. The van der Waals surface area contributed by atoms with Gasteiger partial charge in [-0.05, 0) is 37.1 Å². The Balaban J connectivity index is 1.53. The van der Waals surface area contributed by atoms with Crippen LogP contribution in [-0.4, -0.2) is 24.0 Å². The summed E-state index contributed by atoms with van der Waals surface area (Å²) in [5.41, 5.74) is 3.11. The number of benzene rings is 2. The van der Waals surface area contributed by atoms with Gasteiger partial charge in [0.25, 0.3) is 5.91 Å². The molecule has 4 rings (SSSR count). The Hall–Kier alpha value is -2.37. The van der Waals surface area contributed by atoms with Gasteiger partial charge in [0, 0.05) is 29.7 Å². The van der Waals surface area contributed by atoms with Gasteiger partial charge in [0.15, 0.2) is 5.13 Å². The number of hydrogen-bond donors (Lipinski definition) is 1. The maximum Gasteiger partial charge on any atom is 0.257 e. The van der Waals surface area contributed by atoms with Gasteiger partial charge in [0.1, 0.15) is 0 Å². The Morgan fingerprint density at radius 2 is 1.92 bits per heavy atom. The third kappa shape index (κ3) is 3.59. The van der Waals surface area contributed by atoms with Crippen LogP contribution < -0.4 is 10.2 Å². The van der Waals surface area contributed by atoms with Gasteiger partial charge >= 0.3 is 0 Å². The van der Waals surface area contributed by atoms with Crippen LogP contribution in [0.2, 0.25) is 5.02 Å². The summed E-state index contributed by atoms with van der Waals surface area (Å²) < 4.78 is 0. The Morgan fingerprint density at radius 1 is 1.12 bits per heavy atom. The molecule has 0 radical (unpaired) electrons. The van der Waals surface area contributed by atoms with E-state index in [4.69, 9.17) is 16.6 Å². The standard InChI is InChI=1S/C20H18ClN3OS/c21-17-9-2-1-8-16(17)19(25)22-15-7-5-6-14(12-15)18-13-26-20(23-18)24-10-3-4-11-24/h1-2,5-9,12-13H,3-4,10-11H2,(H,22,25). The highest BCUT2D eigenvalue weighted by molar-refractivity contribution is 7.14. The first-order valence-electron chi connectivity index (χ1n) is 8.57. The first kappa shape index (κ1) is 17.1. The van der Waals surface area contributed by atoms with E-state index in [-0.39, 0.29) is 5.91 Å². The van der Waals surface area contributed by atoms with Crippen LogP contribution in [0.1, 0.15) is 23.2 Å². The van der Waals surface area contributed by atoms with Gasteiger partial charge in [-0.2, -0.15) is 0 Å². The predicted octanol–water partition coefficient (Wildman–Crippen LogP) is 5.32. The van der Waals surface area contributed by atoms with Crippen LogP contribution in [0.3, 0.4) is 0 Å². The molecule has 1 saturated heterocycles. The van der Waals surface area contributed by atoms with Crippen molar-refractivity contribution in [2.45, 2.75) is 12.8 Å². The number of carbonyl (C=O) groups is 1. The Labute approximate surface area is 161 Å². The number of carbonyl (C=O) groups excluding carboxylic acids is 1. The van der Waals surface area contributed by atoms with Crippen molar-refractivity contribution in [2.75, 3.05) is 23.3 Å². The Bertz CT molecular complexity index is 934. The molecule has 0 aliphatic carbocycles. The molecule has 1 aromatic heterocycles. The molecule has 1 fully saturated rings. The zero-order valence-electron chi connectivity index (χ0n) is 14.1. The van der Waals surface area contributed by atoms with Gasteiger partial charge in [-0.15, -0.1) is 11.3 Å². The minimum Gasteiger partial charge on any atom is -0.348 e. The third-order valence-corrected chi connectivity index (χ3v) is 5.63. The van der Waals surface area contributed by atoms with Crippen LogP contribution in [0.5, 0.6) is 0 Å². The summed E-state index contributed by atoms with van der Waals surface area (Å²) in [6, 6.07) is 14.8. The zero-order valence-corrected chi connectivity index (χ0v) is 15.7. The van der Waals surface area contributed by atoms with Crippen LogP contribution in [0.15, 0.2) is 53.9 Å². The topological polar surface area (TPSA) is 45.2 Å².